The van der Waals surface area contributed by atoms with E-state index in [9.17, 15) is 24.9 Å². The van der Waals surface area contributed by atoms with Crippen LogP contribution >= 0.6 is 0 Å². The zero-order chi connectivity index (χ0) is 26.8. The molecule has 2 amide bonds. The standard InChI is InChI=1S/C28H34N2O8/c1-16(17-6-3-2-4-7-17)30-27(34)21-10-9-20-22(12-23(32)26(33)24(20)25(21)28(30)35)29-38-14-18(31)13-36-15-19-8-5-11-37-19/h2-8,11,16,18,20-21,23-26,31-33H,9-10,12-15H2,1H3/b29-22+/t16-,18-,20+,21+,23+,24-,25+,26+/m0/s1. The monoisotopic (exact) mass is 526 g/mol. The predicted octanol–water partition coefficient (Wildman–Crippen LogP) is 2.04. The molecule has 5 rings (SSSR count). The molecule has 1 aliphatic heterocycles. The minimum atomic E-state index is -1.16. The van der Waals surface area contributed by atoms with Crippen molar-refractivity contribution in [2.45, 2.75) is 57.1 Å². The minimum absolute atomic E-state index is 0.0226. The summed E-state index contributed by atoms with van der Waals surface area (Å²) in [7, 11) is 0. The molecule has 204 valence electrons. The van der Waals surface area contributed by atoms with Crippen LogP contribution in [-0.4, -0.2) is 69.3 Å². The number of amides is 2. The lowest BCUT2D eigenvalue weighted by molar-refractivity contribution is -0.144. The molecule has 0 radical (unpaired) electrons. The van der Waals surface area contributed by atoms with Gasteiger partial charge in [-0.3, -0.25) is 14.5 Å². The third-order valence-electron chi connectivity index (χ3n) is 8.07. The van der Waals surface area contributed by atoms with Crippen LogP contribution in [0.2, 0.25) is 0 Å². The molecule has 0 bridgehead atoms. The molecule has 3 aliphatic rings. The normalized spacial score (nSPS) is 31.7. The zero-order valence-corrected chi connectivity index (χ0v) is 21.3. The third-order valence-corrected chi connectivity index (χ3v) is 8.07. The van der Waals surface area contributed by atoms with Crippen molar-refractivity contribution in [1.82, 2.24) is 4.90 Å². The van der Waals surface area contributed by atoms with Gasteiger partial charge in [-0.15, -0.1) is 0 Å². The number of carbonyl (C=O) groups excluding carboxylic acids is 2. The quantitative estimate of drug-likeness (QED) is 0.333. The van der Waals surface area contributed by atoms with Crippen molar-refractivity contribution < 1.29 is 38.9 Å². The number of aliphatic hydroxyl groups excluding tert-OH is 3. The average Bonchev–Trinajstić information content (AvgIpc) is 3.53. The van der Waals surface area contributed by atoms with Crippen LogP contribution in [0.4, 0.5) is 0 Å². The first-order valence-electron chi connectivity index (χ1n) is 13.1. The van der Waals surface area contributed by atoms with E-state index in [1.807, 2.05) is 37.3 Å². The average molecular weight is 527 g/mol. The Bertz CT molecular complexity index is 1140. The van der Waals surface area contributed by atoms with E-state index in [1.54, 1.807) is 18.4 Å². The Balaban J connectivity index is 1.26. The van der Waals surface area contributed by atoms with Gasteiger partial charge in [-0.2, -0.15) is 0 Å². The number of benzene rings is 1. The number of hydrogen-bond donors (Lipinski definition) is 3. The van der Waals surface area contributed by atoms with Gasteiger partial charge in [0.2, 0.25) is 11.8 Å². The Morgan fingerprint density at radius 2 is 1.82 bits per heavy atom. The number of ether oxygens (including phenoxy) is 1. The highest BCUT2D eigenvalue weighted by atomic mass is 16.6. The minimum Gasteiger partial charge on any atom is -0.467 e. The third kappa shape index (κ3) is 5.13. The van der Waals surface area contributed by atoms with Crippen LogP contribution < -0.4 is 0 Å². The van der Waals surface area contributed by atoms with Gasteiger partial charge in [0.25, 0.3) is 0 Å². The van der Waals surface area contributed by atoms with E-state index >= 15 is 0 Å². The first-order chi connectivity index (χ1) is 18.4. The molecule has 2 aliphatic carbocycles. The van der Waals surface area contributed by atoms with Gasteiger partial charge < -0.3 is 29.3 Å². The van der Waals surface area contributed by atoms with Crippen LogP contribution in [0.25, 0.3) is 0 Å². The second-order valence-electron chi connectivity index (χ2n) is 10.4. The summed E-state index contributed by atoms with van der Waals surface area (Å²) in [5.74, 6) is -2.13. The smallest absolute Gasteiger partial charge is 0.234 e. The highest BCUT2D eigenvalue weighted by Gasteiger charge is 2.60. The highest BCUT2D eigenvalue weighted by Crippen LogP contribution is 2.51. The van der Waals surface area contributed by atoms with E-state index in [0.717, 1.165) is 5.56 Å². The largest absolute Gasteiger partial charge is 0.467 e. The number of nitrogens with zero attached hydrogens (tertiary/aromatic N) is 2. The number of imide groups is 1. The number of carbonyl (C=O) groups is 2. The van der Waals surface area contributed by atoms with Crippen molar-refractivity contribution in [3.05, 3.63) is 60.1 Å². The molecule has 1 saturated heterocycles. The number of aliphatic hydroxyl groups is 3. The van der Waals surface area contributed by atoms with Crippen molar-refractivity contribution in [3.8, 4) is 0 Å². The number of furan rings is 1. The van der Waals surface area contributed by atoms with Gasteiger partial charge in [0.1, 0.15) is 25.1 Å². The van der Waals surface area contributed by atoms with Gasteiger partial charge in [0.05, 0.1) is 48.7 Å². The topological polar surface area (TPSA) is 142 Å². The summed E-state index contributed by atoms with van der Waals surface area (Å²) in [5, 5.41) is 36.0. The molecule has 2 aromatic rings. The summed E-state index contributed by atoms with van der Waals surface area (Å²) in [6.07, 6.45) is -0.558. The second-order valence-corrected chi connectivity index (χ2v) is 10.4. The zero-order valence-electron chi connectivity index (χ0n) is 21.3. The SMILES string of the molecule is C[C@@H](c1ccccc1)N1C(=O)[C@H]2[C@H]3[C@H](O)[C@H](O)C/C(=N\OC[C@@H](O)COCc4ccco4)[C@H]3CC[C@H]2C1=O. The Morgan fingerprint density at radius 3 is 2.55 bits per heavy atom. The molecule has 38 heavy (non-hydrogen) atoms. The van der Waals surface area contributed by atoms with Crippen molar-refractivity contribution >= 4 is 17.5 Å². The van der Waals surface area contributed by atoms with Crippen molar-refractivity contribution in [3.63, 3.8) is 0 Å². The van der Waals surface area contributed by atoms with Crippen LogP contribution in [0.15, 0.2) is 58.3 Å². The van der Waals surface area contributed by atoms with Gasteiger partial charge in [0, 0.05) is 18.3 Å². The molecule has 3 fully saturated rings. The van der Waals surface area contributed by atoms with Crippen molar-refractivity contribution in [2.24, 2.45) is 28.8 Å². The highest BCUT2D eigenvalue weighted by molar-refractivity contribution is 6.06. The Hall–Kier alpha value is -3.05. The molecular formula is C28H34N2O8. The molecule has 8 atom stereocenters. The fourth-order valence-corrected chi connectivity index (χ4v) is 6.21. The number of rotatable bonds is 9. The Morgan fingerprint density at radius 1 is 1.05 bits per heavy atom. The summed E-state index contributed by atoms with van der Waals surface area (Å²) in [6, 6.07) is 12.5. The summed E-state index contributed by atoms with van der Waals surface area (Å²) in [4.78, 5) is 33.8. The van der Waals surface area contributed by atoms with E-state index in [4.69, 9.17) is 14.0 Å². The molecule has 3 N–H and O–H groups in total. The first-order valence-corrected chi connectivity index (χ1v) is 13.1. The van der Waals surface area contributed by atoms with E-state index in [1.165, 1.54) is 4.90 Å². The van der Waals surface area contributed by atoms with Crippen LogP contribution in [0.5, 0.6) is 0 Å². The molecule has 0 spiro atoms. The summed E-state index contributed by atoms with van der Waals surface area (Å²) in [5.41, 5.74) is 1.39. The molecule has 10 heteroatoms. The molecular weight excluding hydrogens is 492 g/mol. The van der Waals surface area contributed by atoms with E-state index in [2.05, 4.69) is 5.16 Å². The fourth-order valence-electron chi connectivity index (χ4n) is 6.21. The predicted molar refractivity (Wildman–Crippen MR) is 134 cm³/mol. The van der Waals surface area contributed by atoms with Crippen LogP contribution in [0.3, 0.4) is 0 Å². The van der Waals surface area contributed by atoms with Gasteiger partial charge in [-0.1, -0.05) is 35.5 Å². The van der Waals surface area contributed by atoms with E-state index in [0.29, 0.717) is 24.3 Å². The van der Waals surface area contributed by atoms with E-state index < -0.39 is 42.1 Å². The summed E-state index contributed by atoms with van der Waals surface area (Å²) < 4.78 is 10.6. The maximum Gasteiger partial charge on any atom is 0.234 e. The lowest BCUT2D eigenvalue weighted by atomic mass is 9.60. The van der Waals surface area contributed by atoms with Crippen LogP contribution in [0, 0.1) is 23.7 Å². The number of likely N-dealkylation sites (tertiary alicyclic amines) is 1. The van der Waals surface area contributed by atoms with Gasteiger partial charge in [-0.05, 0) is 37.5 Å². The lowest BCUT2D eigenvalue weighted by Crippen LogP contribution is -2.54. The maximum absolute atomic E-state index is 13.7. The summed E-state index contributed by atoms with van der Waals surface area (Å²) >= 11 is 0. The fraction of sp³-hybridized carbons (Fsp3) is 0.536. The second kappa shape index (κ2) is 11.4. The van der Waals surface area contributed by atoms with E-state index in [-0.39, 0.29) is 44.0 Å². The Kier molecular flexibility index (Phi) is 7.94. The summed E-state index contributed by atoms with van der Waals surface area (Å²) in [6.45, 7) is 1.95. The van der Waals surface area contributed by atoms with Crippen LogP contribution in [-0.2, 0) is 25.8 Å². The Labute approximate surface area is 220 Å². The molecule has 1 aromatic heterocycles. The van der Waals surface area contributed by atoms with Gasteiger partial charge >= 0.3 is 0 Å². The molecule has 2 heterocycles. The maximum atomic E-state index is 13.7. The lowest BCUT2D eigenvalue weighted by Gasteiger charge is -2.45. The number of hydrogen-bond acceptors (Lipinski definition) is 9. The molecule has 1 aromatic carbocycles. The molecule has 0 unspecified atom stereocenters. The number of fused-ring (bicyclic) bond motifs is 3. The van der Waals surface area contributed by atoms with Gasteiger partial charge in [-0.25, -0.2) is 0 Å². The van der Waals surface area contributed by atoms with Crippen LogP contribution in [0.1, 0.15) is 43.6 Å². The first kappa shape index (κ1) is 26.6. The van der Waals surface area contributed by atoms with Crippen molar-refractivity contribution in [1.29, 1.82) is 0 Å². The van der Waals surface area contributed by atoms with Gasteiger partial charge in [0.15, 0.2) is 0 Å². The molecule has 10 nitrogen and oxygen atoms in total. The number of oxime groups is 1. The van der Waals surface area contributed by atoms with Crippen molar-refractivity contribution in [2.75, 3.05) is 13.2 Å². The molecule has 2 saturated carbocycles.